The second-order valence-electron chi connectivity index (χ2n) is 7.91. The van der Waals surface area contributed by atoms with Gasteiger partial charge in [-0.15, -0.1) is 0 Å². The molecule has 5 rings (SSSR count). The predicted octanol–water partition coefficient (Wildman–Crippen LogP) is 3.08. The van der Waals surface area contributed by atoms with Crippen LogP contribution in [0.4, 0.5) is 0 Å². The van der Waals surface area contributed by atoms with Gasteiger partial charge in [-0.25, -0.2) is 9.78 Å². The first kappa shape index (κ1) is 20.4. The fraction of sp³-hybridized carbons (Fsp3) is 0.381. The van der Waals surface area contributed by atoms with Crippen molar-refractivity contribution in [3.05, 3.63) is 63.7 Å². The molecule has 4 aromatic rings. The highest BCUT2D eigenvalue weighted by Crippen LogP contribution is 2.36. The maximum Gasteiger partial charge on any atom is 0.329 e. The van der Waals surface area contributed by atoms with E-state index in [2.05, 4.69) is 4.98 Å². The van der Waals surface area contributed by atoms with Crippen LogP contribution in [0, 0.1) is 0 Å². The van der Waals surface area contributed by atoms with Crippen molar-refractivity contribution in [2.45, 2.75) is 50.4 Å². The lowest BCUT2D eigenvalue weighted by atomic mass is 10.1. The van der Waals surface area contributed by atoms with E-state index in [4.69, 9.17) is 16.6 Å². The van der Waals surface area contributed by atoms with Gasteiger partial charge in [0.15, 0.2) is 0 Å². The van der Waals surface area contributed by atoms with E-state index in [0.717, 1.165) is 29.6 Å². The number of hydrogen-bond donors (Lipinski definition) is 0. The Morgan fingerprint density at radius 1 is 1.32 bits per heavy atom. The SMILES string of the molecule is CCC(Cc1c(Cn2c(=O)n(C3CC3)c3ccncc32)nc2cc(Cl)ccn12)S(=O)[O-]. The summed E-state index contributed by atoms with van der Waals surface area (Å²) in [5, 5.41) is 0.00210. The molecule has 0 saturated heterocycles. The number of rotatable bonds is 7. The summed E-state index contributed by atoms with van der Waals surface area (Å²) >= 11 is 3.94. The molecule has 2 unspecified atom stereocenters. The second kappa shape index (κ2) is 7.89. The smallest absolute Gasteiger partial charge is 0.329 e. The summed E-state index contributed by atoms with van der Waals surface area (Å²) in [5.74, 6) is 0. The van der Waals surface area contributed by atoms with Gasteiger partial charge >= 0.3 is 5.69 Å². The average Bonchev–Trinajstić information content (AvgIpc) is 3.47. The average molecular weight is 459 g/mol. The standard InChI is InChI=1S/C21H22ClN5O3S/c1-2-15(31(29)30)10-18-16(24-20-9-13(22)6-8-25(18)20)12-26-19-11-23-7-5-17(19)27(21(26)28)14-3-4-14/h5-9,11,14-15H,2-4,10,12H2,1H3,(H,29,30)/p-1. The number of halogens is 1. The monoisotopic (exact) mass is 458 g/mol. The van der Waals surface area contributed by atoms with E-state index in [1.807, 2.05) is 22.0 Å². The van der Waals surface area contributed by atoms with Crippen LogP contribution in [0.25, 0.3) is 16.7 Å². The van der Waals surface area contributed by atoms with Crippen LogP contribution < -0.4 is 5.69 Å². The van der Waals surface area contributed by atoms with Crippen molar-refractivity contribution in [3.63, 3.8) is 0 Å². The van der Waals surface area contributed by atoms with Gasteiger partial charge in [0.05, 0.1) is 29.5 Å². The summed E-state index contributed by atoms with van der Waals surface area (Å²) < 4.78 is 28.8. The molecule has 162 valence electrons. The zero-order valence-electron chi connectivity index (χ0n) is 16.9. The highest BCUT2D eigenvalue weighted by molar-refractivity contribution is 7.79. The molecular weight excluding hydrogens is 438 g/mol. The van der Waals surface area contributed by atoms with E-state index >= 15 is 0 Å². The van der Waals surface area contributed by atoms with Crippen molar-refractivity contribution in [2.75, 3.05) is 0 Å². The normalized spacial score (nSPS) is 16.2. The molecule has 1 aliphatic carbocycles. The minimum Gasteiger partial charge on any atom is -0.772 e. The molecule has 2 atom stereocenters. The number of aromatic nitrogens is 5. The molecule has 0 aromatic carbocycles. The minimum absolute atomic E-state index is 0.0917. The van der Waals surface area contributed by atoms with Crippen LogP contribution >= 0.6 is 11.6 Å². The van der Waals surface area contributed by atoms with Gasteiger partial charge < -0.3 is 8.95 Å². The fourth-order valence-electron chi connectivity index (χ4n) is 4.14. The van der Waals surface area contributed by atoms with E-state index in [1.54, 1.807) is 35.3 Å². The highest BCUT2D eigenvalue weighted by Gasteiger charge is 2.29. The molecule has 4 aromatic heterocycles. The van der Waals surface area contributed by atoms with Crippen molar-refractivity contribution in [1.29, 1.82) is 0 Å². The van der Waals surface area contributed by atoms with E-state index < -0.39 is 16.3 Å². The molecule has 1 fully saturated rings. The van der Waals surface area contributed by atoms with Crippen LogP contribution in [-0.2, 0) is 24.0 Å². The predicted molar refractivity (Wildman–Crippen MR) is 118 cm³/mol. The molecule has 0 aliphatic heterocycles. The van der Waals surface area contributed by atoms with Gasteiger partial charge in [-0.2, -0.15) is 0 Å². The molecule has 31 heavy (non-hydrogen) atoms. The molecule has 4 heterocycles. The lowest BCUT2D eigenvalue weighted by molar-refractivity contribution is 0.516. The van der Waals surface area contributed by atoms with Gasteiger partial charge in [0.1, 0.15) is 5.65 Å². The first-order valence-corrected chi connectivity index (χ1v) is 11.8. The molecule has 8 nitrogen and oxygen atoms in total. The third kappa shape index (κ3) is 3.60. The molecule has 0 amide bonds. The van der Waals surface area contributed by atoms with Crippen molar-refractivity contribution >= 4 is 39.4 Å². The summed E-state index contributed by atoms with van der Waals surface area (Å²) in [6.07, 6.45) is 7.96. The Morgan fingerprint density at radius 2 is 2.13 bits per heavy atom. The molecule has 0 N–H and O–H groups in total. The Bertz CT molecular complexity index is 1370. The largest absolute Gasteiger partial charge is 0.772 e. The van der Waals surface area contributed by atoms with Crippen LogP contribution in [0.2, 0.25) is 5.02 Å². The van der Waals surface area contributed by atoms with Crippen molar-refractivity contribution in [2.24, 2.45) is 0 Å². The van der Waals surface area contributed by atoms with E-state index in [-0.39, 0.29) is 18.3 Å². The maximum absolute atomic E-state index is 13.3. The molecule has 0 radical (unpaired) electrons. The third-order valence-corrected chi connectivity index (χ3v) is 7.18. The lowest BCUT2D eigenvalue weighted by Crippen LogP contribution is -2.25. The van der Waals surface area contributed by atoms with E-state index in [1.165, 1.54) is 0 Å². The molecule has 0 spiro atoms. The Balaban J connectivity index is 1.66. The van der Waals surface area contributed by atoms with Gasteiger partial charge in [-0.3, -0.25) is 18.3 Å². The second-order valence-corrected chi connectivity index (χ2v) is 9.53. The molecule has 1 saturated carbocycles. The summed E-state index contributed by atoms with van der Waals surface area (Å²) in [6.45, 7) is 2.08. The first-order valence-electron chi connectivity index (χ1n) is 10.3. The number of fused-ring (bicyclic) bond motifs is 2. The summed E-state index contributed by atoms with van der Waals surface area (Å²) in [5.41, 5.74) is 3.58. The molecule has 0 bridgehead atoms. The van der Waals surface area contributed by atoms with Gasteiger partial charge in [-0.05, 0) is 31.4 Å². The van der Waals surface area contributed by atoms with Gasteiger partial charge in [0.25, 0.3) is 0 Å². The van der Waals surface area contributed by atoms with Crippen molar-refractivity contribution in [1.82, 2.24) is 23.5 Å². The number of pyridine rings is 2. The van der Waals surface area contributed by atoms with Gasteiger partial charge in [0, 0.05) is 46.9 Å². The van der Waals surface area contributed by atoms with Gasteiger partial charge in [-0.1, -0.05) is 29.6 Å². The van der Waals surface area contributed by atoms with E-state index in [9.17, 15) is 13.6 Å². The quantitative estimate of drug-likeness (QED) is 0.396. The minimum atomic E-state index is -2.21. The summed E-state index contributed by atoms with van der Waals surface area (Å²) in [4.78, 5) is 22.2. The van der Waals surface area contributed by atoms with Crippen LogP contribution in [-0.4, -0.2) is 37.5 Å². The highest BCUT2D eigenvalue weighted by atomic mass is 35.5. The molecule has 1 aliphatic rings. The number of nitrogens with zero attached hydrogens (tertiary/aromatic N) is 5. The van der Waals surface area contributed by atoms with Crippen molar-refractivity contribution in [3.8, 4) is 0 Å². The number of imidazole rings is 2. The third-order valence-electron chi connectivity index (χ3n) is 5.90. The van der Waals surface area contributed by atoms with Crippen LogP contribution in [0.1, 0.15) is 43.6 Å². The lowest BCUT2D eigenvalue weighted by Gasteiger charge is -2.18. The first-order chi connectivity index (χ1) is 15.0. The summed E-state index contributed by atoms with van der Waals surface area (Å²) in [6, 6.07) is 5.57. The zero-order valence-corrected chi connectivity index (χ0v) is 18.5. The van der Waals surface area contributed by atoms with Gasteiger partial charge in [0.2, 0.25) is 0 Å². The Hall–Kier alpha value is -2.49. The Kier molecular flexibility index (Phi) is 5.19. The topological polar surface area (TPSA) is 97.2 Å². The zero-order chi connectivity index (χ0) is 21.7. The van der Waals surface area contributed by atoms with Crippen LogP contribution in [0.5, 0.6) is 0 Å². The fourth-order valence-corrected chi connectivity index (χ4v) is 4.86. The molecular formula is C21H21ClN5O3S-. The van der Waals surface area contributed by atoms with Crippen molar-refractivity contribution < 1.29 is 8.76 Å². The van der Waals surface area contributed by atoms with Crippen LogP contribution in [0.15, 0.2) is 41.6 Å². The Labute approximate surface area is 185 Å². The van der Waals surface area contributed by atoms with E-state index in [0.29, 0.717) is 29.2 Å². The summed E-state index contributed by atoms with van der Waals surface area (Å²) in [7, 11) is 0. The Morgan fingerprint density at radius 3 is 2.84 bits per heavy atom. The van der Waals surface area contributed by atoms with Crippen LogP contribution in [0.3, 0.4) is 0 Å². The molecule has 10 heteroatoms. The number of hydrogen-bond acceptors (Lipinski definition) is 5. The maximum atomic E-state index is 13.3.